The molecule has 530 valence electrons. The first kappa shape index (κ1) is 86.1. The lowest BCUT2D eigenvalue weighted by atomic mass is 9.99. The maximum absolute atomic E-state index is 13.0. The minimum Gasteiger partial charge on any atom is -0.466 e. The third-order valence-electron chi connectivity index (χ3n) is 18.0. The van der Waals surface area contributed by atoms with E-state index in [2.05, 4.69) is 79.9 Å². The molecule has 1 heterocycles. The Bertz CT molecular complexity index is 1740. The van der Waals surface area contributed by atoms with E-state index >= 15 is 0 Å². The molecule has 0 spiro atoms. The average molecular weight is 1280 g/mol. The Kier molecular flexibility index (Phi) is 64.8. The minimum absolute atomic E-state index is 0.00678. The van der Waals surface area contributed by atoms with E-state index in [4.69, 9.17) is 14.2 Å². The standard InChI is InChI=1S/C80H145NO10/c1-3-5-7-9-11-13-15-16-17-18-39-42-45-48-52-56-60-64-68-76(85)89-69-65-61-57-53-49-46-43-40-37-35-33-31-29-27-25-23-21-19-20-22-24-26-28-30-32-34-36-38-41-44-47-51-55-59-63-67-75(84)81-72(71-90-80-79(88)78(87)77(86)74(70-82)91-80)73(83)66-62-58-54-50-14-12-10-8-6-4-2/h6,8,14,17-18,21,23,27,29,50,62,66,72-74,77-80,82-83,86-88H,3-5,7,9-13,15-16,19-20,22,24-26,28,30-49,51-61,63-65,67-71H2,1-2H3,(H,81,84)/b8-6+,18-17-,23-21-,29-27-,50-14+,66-62+. The molecule has 0 radical (unpaired) electrons. The number of hydrogen-bond acceptors (Lipinski definition) is 10. The summed E-state index contributed by atoms with van der Waals surface area (Å²) in [6, 6.07) is -0.833. The van der Waals surface area contributed by atoms with Crippen LogP contribution in [-0.2, 0) is 23.8 Å². The van der Waals surface area contributed by atoms with Gasteiger partial charge in [-0.05, 0) is 109 Å². The largest absolute Gasteiger partial charge is 0.466 e. The van der Waals surface area contributed by atoms with E-state index < -0.39 is 49.5 Å². The first-order valence-electron chi connectivity index (χ1n) is 38.7. The third-order valence-corrected chi connectivity index (χ3v) is 18.0. The lowest BCUT2D eigenvalue weighted by Gasteiger charge is -2.40. The molecule has 0 aliphatic carbocycles. The van der Waals surface area contributed by atoms with Crippen LogP contribution in [0.2, 0.25) is 0 Å². The molecule has 1 saturated heterocycles. The normalized spacial score (nSPS) is 18.0. The predicted molar refractivity (Wildman–Crippen MR) is 384 cm³/mol. The third kappa shape index (κ3) is 57.1. The van der Waals surface area contributed by atoms with Crippen molar-refractivity contribution < 1.29 is 49.3 Å². The summed E-state index contributed by atoms with van der Waals surface area (Å²) in [5.41, 5.74) is 0. The molecular weight excluding hydrogens is 1130 g/mol. The van der Waals surface area contributed by atoms with Crippen molar-refractivity contribution in [2.75, 3.05) is 19.8 Å². The monoisotopic (exact) mass is 1280 g/mol. The van der Waals surface area contributed by atoms with E-state index in [1.54, 1.807) is 6.08 Å². The molecule has 1 amide bonds. The number of rotatable bonds is 68. The van der Waals surface area contributed by atoms with E-state index in [0.29, 0.717) is 19.4 Å². The van der Waals surface area contributed by atoms with Gasteiger partial charge in [0, 0.05) is 12.8 Å². The zero-order chi connectivity index (χ0) is 65.8. The number of hydrogen-bond donors (Lipinski definition) is 6. The van der Waals surface area contributed by atoms with Crippen LogP contribution in [0.1, 0.15) is 361 Å². The van der Waals surface area contributed by atoms with Gasteiger partial charge in [-0.25, -0.2) is 0 Å². The molecule has 7 unspecified atom stereocenters. The van der Waals surface area contributed by atoms with Crippen LogP contribution in [-0.4, -0.2) is 100 Å². The average Bonchev–Trinajstić information content (AvgIpc) is 3.02. The number of nitrogens with one attached hydrogen (secondary N) is 1. The zero-order valence-corrected chi connectivity index (χ0v) is 59.1. The molecule has 7 atom stereocenters. The van der Waals surface area contributed by atoms with Crippen LogP contribution >= 0.6 is 0 Å². The van der Waals surface area contributed by atoms with Crippen molar-refractivity contribution in [2.24, 2.45) is 0 Å². The molecule has 0 saturated carbocycles. The molecule has 1 rings (SSSR count). The Morgan fingerprint density at radius 1 is 0.418 bits per heavy atom. The molecule has 91 heavy (non-hydrogen) atoms. The summed E-state index contributed by atoms with van der Waals surface area (Å²) in [6.07, 6.45) is 83.8. The van der Waals surface area contributed by atoms with Crippen molar-refractivity contribution in [3.05, 3.63) is 72.9 Å². The van der Waals surface area contributed by atoms with Crippen molar-refractivity contribution >= 4 is 11.9 Å². The van der Waals surface area contributed by atoms with Gasteiger partial charge in [0.25, 0.3) is 0 Å². The molecule has 0 aromatic carbocycles. The highest BCUT2D eigenvalue weighted by molar-refractivity contribution is 5.76. The molecule has 0 bridgehead atoms. The van der Waals surface area contributed by atoms with Crippen LogP contribution in [0.15, 0.2) is 72.9 Å². The van der Waals surface area contributed by atoms with Crippen LogP contribution in [0.25, 0.3) is 0 Å². The quantitative estimate of drug-likeness (QED) is 0.0195. The maximum atomic E-state index is 13.0. The van der Waals surface area contributed by atoms with Crippen molar-refractivity contribution in [3.63, 3.8) is 0 Å². The van der Waals surface area contributed by atoms with E-state index in [1.165, 1.54) is 257 Å². The summed E-state index contributed by atoms with van der Waals surface area (Å²) < 4.78 is 16.7. The van der Waals surface area contributed by atoms with Crippen LogP contribution in [0, 0.1) is 0 Å². The smallest absolute Gasteiger partial charge is 0.305 e. The molecule has 6 N–H and O–H groups in total. The van der Waals surface area contributed by atoms with Gasteiger partial charge < -0.3 is 45.1 Å². The predicted octanol–water partition coefficient (Wildman–Crippen LogP) is 20.6. The van der Waals surface area contributed by atoms with Crippen LogP contribution < -0.4 is 5.32 Å². The van der Waals surface area contributed by atoms with Crippen molar-refractivity contribution in [1.82, 2.24) is 5.32 Å². The van der Waals surface area contributed by atoms with Crippen molar-refractivity contribution in [2.45, 2.75) is 403 Å². The second-order valence-electron chi connectivity index (χ2n) is 26.6. The zero-order valence-electron chi connectivity index (χ0n) is 59.1. The highest BCUT2D eigenvalue weighted by atomic mass is 16.7. The Hall–Kier alpha value is -2.90. The van der Waals surface area contributed by atoms with Gasteiger partial charge in [0.15, 0.2) is 6.29 Å². The molecular formula is C80H145NO10. The Morgan fingerprint density at radius 3 is 1.21 bits per heavy atom. The van der Waals surface area contributed by atoms with Crippen molar-refractivity contribution in [3.8, 4) is 0 Å². The van der Waals surface area contributed by atoms with Gasteiger partial charge in [0.1, 0.15) is 24.4 Å². The number of amides is 1. The summed E-state index contributed by atoms with van der Waals surface area (Å²) >= 11 is 0. The number of esters is 1. The summed E-state index contributed by atoms with van der Waals surface area (Å²) in [7, 11) is 0. The SMILES string of the molecule is CC/C=C/CC/C=C/CC/C=C/C(O)C(COC1OC(CO)C(O)C(O)C1O)NC(=O)CCCCCCCCCCCCCCCCCCC/C=C\C/C=C\CCCCCCCCCCCCCOC(=O)CCCCCCCCC/C=C\CCCCCCCCC. The Morgan fingerprint density at radius 2 is 0.780 bits per heavy atom. The number of aliphatic hydroxyl groups is 5. The molecule has 0 aromatic rings. The van der Waals surface area contributed by atoms with Gasteiger partial charge in [-0.15, -0.1) is 0 Å². The molecule has 1 fully saturated rings. The fraction of sp³-hybridized carbons (Fsp3) is 0.825. The van der Waals surface area contributed by atoms with Crippen molar-refractivity contribution in [1.29, 1.82) is 0 Å². The van der Waals surface area contributed by atoms with Gasteiger partial charge >= 0.3 is 5.97 Å². The number of carbonyl (C=O) groups is 2. The fourth-order valence-electron chi connectivity index (χ4n) is 12.0. The molecule has 1 aliphatic rings. The number of aliphatic hydroxyl groups excluding tert-OH is 5. The van der Waals surface area contributed by atoms with E-state index in [9.17, 15) is 35.1 Å². The van der Waals surface area contributed by atoms with Gasteiger partial charge in [-0.3, -0.25) is 9.59 Å². The number of unbranched alkanes of at least 4 members (excludes halogenated alkanes) is 44. The summed E-state index contributed by atoms with van der Waals surface area (Å²) in [5.74, 6) is -0.189. The topological polar surface area (TPSA) is 175 Å². The Balaban J connectivity index is 1.89. The lowest BCUT2D eigenvalue weighted by molar-refractivity contribution is -0.302. The van der Waals surface area contributed by atoms with Gasteiger partial charge in [0.2, 0.25) is 5.91 Å². The molecule has 1 aliphatic heterocycles. The minimum atomic E-state index is -1.58. The van der Waals surface area contributed by atoms with Crippen LogP contribution in [0.4, 0.5) is 0 Å². The number of ether oxygens (including phenoxy) is 3. The van der Waals surface area contributed by atoms with Gasteiger partial charge in [0.05, 0.1) is 32.0 Å². The van der Waals surface area contributed by atoms with Crippen LogP contribution in [0.5, 0.6) is 0 Å². The number of carbonyl (C=O) groups excluding carboxylic acids is 2. The number of allylic oxidation sites excluding steroid dienone is 11. The fourth-order valence-corrected chi connectivity index (χ4v) is 12.0. The van der Waals surface area contributed by atoms with E-state index in [-0.39, 0.29) is 18.5 Å². The van der Waals surface area contributed by atoms with E-state index in [1.807, 2.05) is 6.08 Å². The van der Waals surface area contributed by atoms with Gasteiger partial charge in [-0.1, -0.05) is 311 Å². The first-order chi connectivity index (χ1) is 44.7. The Labute approximate surface area is 560 Å². The van der Waals surface area contributed by atoms with E-state index in [0.717, 1.165) is 77.0 Å². The summed E-state index contributed by atoms with van der Waals surface area (Å²) in [5, 5.41) is 54.3. The highest BCUT2D eigenvalue weighted by Gasteiger charge is 2.44. The first-order valence-corrected chi connectivity index (χ1v) is 38.7. The van der Waals surface area contributed by atoms with Gasteiger partial charge in [-0.2, -0.15) is 0 Å². The second kappa shape index (κ2) is 68.5. The molecule has 0 aromatic heterocycles. The summed E-state index contributed by atoms with van der Waals surface area (Å²) in [4.78, 5) is 25.2. The highest BCUT2D eigenvalue weighted by Crippen LogP contribution is 2.23. The summed E-state index contributed by atoms with van der Waals surface area (Å²) in [6.45, 7) is 4.22. The van der Waals surface area contributed by atoms with Crippen LogP contribution in [0.3, 0.4) is 0 Å². The lowest BCUT2D eigenvalue weighted by Crippen LogP contribution is -2.60. The second-order valence-corrected chi connectivity index (χ2v) is 26.6. The molecule has 11 heteroatoms. The molecule has 11 nitrogen and oxygen atoms in total. The maximum Gasteiger partial charge on any atom is 0.305 e.